The van der Waals surface area contributed by atoms with Crippen molar-refractivity contribution < 1.29 is 9.52 Å². The van der Waals surface area contributed by atoms with Crippen molar-refractivity contribution >= 4 is 15.9 Å². The molecule has 0 saturated heterocycles. The van der Waals surface area contributed by atoms with Gasteiger partial charge in [0, 0.05) is 6.54 Å². The summed E-state index contributed by atoms with van der Waals surface area (Å²) < 4.78 is 7.93. The topological polar surface area (TPSA) is 64.1 Å². The molecule has 2 aromatic rings. The summed E-state index contributed by atoms with van der Waals surface area (Å²) in [5, 5.41) is 17.3. The molecule has 0 aliphatic heterocycles. The van der Waals surface area contributed by atoms with Crippen molar-refractivity contribution in [3.63, 3.8) is 0 Å². The highest BCUT2D eigenvalue weighted by molar-refractivity contribution is 9.10. The Labute approximate surface area is 108 Å². The van der Waals surface area contributed by atoms with E-state index in [0.29, 0.717) is 16.1 Å². The van der Waals surface area contributed by atoms with Gasteiger partial charge in [-0.1, -0.05) is 18.6 Å². The summed E-state index contributed by atoms with van der Waals surface area (Å²) in [5.74, 6) is 0.669. The molecule has 0 atom stereocenters. The summed E-state index contributed by atoms with van der Waals surface area (Å²) >= 11 is 3.26. The number of hydrogen-bond donors (Lipinski definition) is 1. The second kappa shape index (κ2) is 5.46. The highest BCUT2D eigenvalue weighted by Crippen LogP contribution is 2.27. The van der Waals surface area contributed by atoms with Gasteiger partial charge >= 0.3 is 0 Å². The molecular weight excluding hydrogens is 286 g/mol. The first-order chi connectivity index (χ1) is 8.26. The van der Waals surface area contributed by atoms with Crippen LogP contribution in [0.25, 0.3) is 11.5 Å². The van der Waals surface area contributed by atoms with Gasteiger partial charge in [0.05, 0.1) is 6.61 Å². The van der Waals surface area contributed by atoms with Crippen molar-refractivity contribution in [2.75, 3.05) is 0 Å². The maximum absolute atomic E-state index is 9.26. The first-order valence-electron chi connectivity index (χ1n) is 5.55. The Morgan fingerprint density at radius 1 is 1.47 bits per heavy atom. The molecule has 0 unspecified atom stereocenters. The number of hydrogen-bond acceptors (Lipinski definition) is 4. The van der Waals surface area contributed by atoms with E-state index < -0.39 is 0 Å². The van der Waals surface area contributed by atoms with E-state index in [0.717, 1.165) is 25.1 Å². The van der Waals surface area contributed by atoms with Gasteiger partial charge in [-0.05, 0) is 34.5 Å². The summed E-state index contributed by atoms with van der Waals surface area (Å²) in [6.45, 7) is 2.75. The van der Waals surface area contributed by atoms with Gasteiger partial charge in [-0.3, -0.25) is 0 Å². The quantitative estimate of drug-likeness (QED) is 0.922. The molecule has 1 N–H and O–H groups in total. The predicted octanol–water partition coefficient (Wildman–Crippen LogP) is 2.59. The fourth-order valence-corrected chi connectivity index (χ4v) is 1.94. The van der Waals surface area contributed by atoms with E-state index in [4.69, 9.17) is 4.42 Å². The molecule has 2 rings (SSSR count). The summed E-state index contributed by atoms with van der Waals surface area (Å²) in [4.78, 5) is 0. The standard InChI is InChI=1S/C11H14BrN3O2/c1-2-3-6-15-11(8(7-16)13-14-15)9-4-5-10(12)17-9/h4-5,16H,2-3,6-7H2,1H3. The molecule has 0 amide bonds. The molecule has 0 bridgehead atoms. The zero-order chi connectivity index (χ0) is 12.3. The second-order valence-corrected chi connectivity index (χ2v) is 4.50. The predicted molar refractivity (Wildman–Crippen MR) is 66.3 cm³/mol. The average molecular weight is 300 g/mol. The number of rotatable bonds is 5. The van der Waals surface area contributed by atoms with Crippen LogP contribution in [-0.2, 0) is 13.2 Å². The Kier molecular flexibility index (Phi) is 3.96. The van der Waals surface area contributed by atoms with E-state index in [1.165, 1.54) is 0 Å². The van der Waals surface area contributed by atoms with E-state index in [-0.39, 0.29) is 6.61 Å². The molecule has 0 fully saturated rings. The van der Waals surface area contributed by atoms with Gasteiger partial charge in [-0.2, -0.15) is 0 Å². The number of aromatic nitrogens is 3. The zero-order valence-electron chi connectivity index (χ0n) is 9.56. The van der Waals surface area contributed by atoms with E-state index in [9.17, 15) is 5.11 Å². The largest absolute Gasteiger partial charge is 0.448 e. The smallest absolute Gasteiger partial charge is 0.169 e. The molecule has 2 aromatic heterocycles. The molecule has 2 heterocycles. The molecule has 0 radical (unpaired) electrons. The first kappa shape index (κ1) is 12.3. The van der Waals surface area contributed by atoms with Crippen LogP contribution >= 0.6 is 15.9 Å². The number of aliphatic hydroxyl groups excluding tert-OH is 1. The molecule has 0 saturated carbocycles. The van der Waals surface area contributed by atoms with Crippen LogP contribution in [0.15, 0.2) is 21.2 Å². The second-order valence-electron chi connectivity index (χ2n) is 3.72. The molecule has 0 spiro atoms. The third-order valence-corrected chi connectivity index (χ3v) is 2.91. The van der Waals surface area contributed by atoms with Gasteiger partial charge in [0.2, 0.25) is 0 Å². The van der Waals surface area contributed by atoms with Gasteiger partial charge in [-0.25, -0.2) is 4.68 Å². The number of aliphatic hydroxyl groups is 1. The van der Waals surface area contributed by atoms with Crippen LogP contribution in [-0.4, -0.2) is 20.1 Å². The minimum absolute atomic E-state index is 0.139. The van der Waals surface area contributed by atoms with Crippen molar-refractivity contribution in [3.8, 4) is 11.5 Å². The third-order valence-electron chi connectivity index (χ3n) is 2.48. The lowest BCUT2D eigenvalue weighted by molar-refractivity contribution is 0.277. The maximum Gasteiger partial charge on any atom is 0.169 e. The average Bonchev–Trinajstić information content (AvgIpc) is 2.91. The van der Waals surface area contributed by atoms with E-state index >= 15 is 0 Å². The van der Waals surface area contributed by atoms with Gasteiger partial charge in [-0.15, -0.1) is 5.10 Å². The maximum atomic E-state index is 9.26. The number of aryl methyl sites for hydroxylation is 1. The van der Waals surface area contributed by atoms with E-state index in [1.807, 2.05) is 12.1 Å². The third kappa shape index (κ3) is 2.58. The SMILES string of the molecule is CCCCn1nnc(CO)c1-c1ccc(Br)o1. The lowest BCUT2D eigenvalue weighted by atomic mass is 10.2. The molecular formula is C11H14BrN3O2. The summed E-state index contributed by atoms with van der Waals surface area (Å²) in [6.07, 6.45) is 2.10. The summed E-state index contributed by atoms with van der Waals surface area (Å²) in [5.41, 5.74) is 1.30. The van der Waals surface area contributed by atoms with Crippen molar-refractivity contribution in [3.05, 3.63) is 22.5 Å². The first-order valence-corrected chi connectivity index (χ1v) is 6.34. The van der Waals surface area contributed by atoms with Crippen LogP contribution in [0.3, 0.4) is 0 Å². The monoisotopic (exact) mass is 299 g/mol. The zero-order valence-corrected chi connectivity index (χ0v) is 11.1. The van der Waals surface area contributed by atoms with Crippen molar-refractivity contribution in [1.29, 1.82) is 0 Å². The lowest BCUT2D eigenvalue weighted by Gasteiger charge is -2.04. The van der Waals surface area contributed by atoms with Crippen LogP contribution in [0.5, 0.6) is 0 Å². The lowest BCUT2D eigenvalue weighted by Crippen LogP contribution is -2.02. The van der Waals surface area contributed by atoms with Crippen LogP contribution < -0.4 is 0 Å². The molecule has 0 aromatic carbocycles. The Bertz CT molecular complexity index is 493. The molecule has 6 heteroatoms. The van der Waals surface area contributed by atoms with E-state index in [1.54, 1.807) is 4.68 Å². The van der Waals surface area contributed by atoms with Crippen LogP contribution in [0.1, 0.15) is 25.5 Å². The van der Waals surface area contributed by atoms with Gasteiger partial charge in [0.15, 0.2) is 10.4 Å². The van der Waals surface area contributed by atoms with Gasteiger partial charge in [0.25, 0.3) is 0 Å². The summed E-state index contributed by atoms with van der Waals surface area (Å²) in [7, 11) is 0. The Hall–Kier alpha value is -1.14. The minimum Gasteiger partial charge on any atom is -0.448 e. The Morgan fingerprint density at radius 2 is 2.29 bits per heavy atom. The van der Waals surface area contributed by atoms with Crippen molar-refractivity contribution in [1.82, 2.24) is 15.0 Å². The molecule has 17 heavy (non-hydrogen) atoms. The van der Waals surface area contributed by atoms with Crippen LogP contribution in [0, 0.1) is 0 Å². The van der Waals surface area contributed by atoms with Crippen LogP contribution in [0.4, 0.5) is 0 Å². The Balaban J connectivity index is 2.38. The summed E-state index contributed by atoms with van der Waals surface area (Å²) in [6, 6.07) is 3.65. The fraction of sp³-hybridized carbons (Fsp3) is 0.455. The van der Waals surface area contributed by atoms with Crippen molar-refractivity contribution in [2.45, 2.75) is 32.9 Å². The molecule has 92 valence electrons. The van der Waals surface area contributed by atoms with Crippen molar-refractivity contribution in [2.24, 2.45) is 0 Å². The fourth-order valence-electron chi connectivity index (χ4n) is 1.63. The molecule has 0 aliphatic rings. The minimum atomic E-state index is -0.139. The molecule has 5 nitrogen and oxygen atoms in total. The van der Waals surface area contributed by atoms with E-state index in [2.05, 4.69) is 33.2 Å². The number of nitrogens with zero attached hydrogens (tertiary/aromatic N) is 3. The molecule has 0 aliphatic carbocycles. The number of halogens is 1. The van der Waals surface area contributed by atoms with Gasteiger partial charge in [0.1, 0.15) is 11.4 Å². The normalized spacial score (nSPS) is 11.0. The number of unbranched alkanes of at least 4 members (excludes halogenated alkanes) is 1. The highest BCUT2D eigenvalue weighted by Gasteiger charge is 2.17. The number of furan rings is 1. The Morgan fingerprint density at radius 3 is 2.88 bits per heavy atom. The van der Waals surface area contributed by atoms with Crippen LogP contribution in [0.2, 0.25) is 0 Å². The van der Waals surface area contributed by atoms with Gasteiger partial charge < -0.3 is 9.52 Å². The highest BCUT2D eigenvalue weighted by atomic mass is 79.9.